The maximum Gasteiger partial charge on any atom is 0.337 e. The molecule has 0 N–H and O–H groups in total. The summed E-state index contributed by atoms with van der Waals surface area (Å²) in [5.74, 6) is -0.650. The average Bonchev–Trinajstić information content (AvgIpc) is 2.98. The molecule has 0 aliphatic carbocycles. The molecule has 0 atom stereocenters. The van der Waals surface area contributed by atoms with Gasteiger partial charge in [-0.1, -0.05) is 89.1 Å². The summed E-state index contributed by atoms with van der Waals surface area (Å²) in [4.78, 5) is 18.4. The lowest BCUT2D eigenvalue weighted by atomic mass is 10.1. The summed E-state index contributed by atoms with van der Waals surface area (Å²) >= 11 is 5.67. The molecule has 1 heterocycles. The van der Waals surface area contributed by atoms with Crippen molar-refractivity contribution < 1.29 is 13.9 Å². The van der Waals surface area contributed by atoms with Crippen LogP contribution in [0.1, 0.15) is 81.1 Å². The van der Waals surface area contributed by atoms with Crippen LogP contribution in [-0.2, 0) is 17.6 Å². The molecule has 0 saturated carbocycles. The smallest absolute Gasteiger partial charge is 0.337 e. The fraction of sp³-hybridized carbons (Fsp3) is 0.353. The Morgan fingerprint density at radius 2 is 1.62 bits per heavy atom. The van der Waals surface area contributed by atoms with Crippen LogP contribution in [0.15, 0.2) is 85.2 Å². The zero-order chi connectivity index (χ0) is 29.9. The summed E-state index contributed by atoms with van der Waals surface area (Å²) in [6, 6.07) is 17.8. The van der Waals surface area contributed by atoms with Crippen LogP contribution in [0.5, 0.6) is 0 Å². The van der Waals surface area contributed by atoms with Crippen LogP contribution in [0.4, 0.5) is 4.39 Å². The minimum atomic E-state index is -0.408. The number of halogens is 2. The van der Waals surface area contributed by atoms with Gasteiger partial charge in [0.2, 0.25) is 0 Å². The van der Waals surface area contributed by atoms with Crippen LogP contribution >= 0.6 is 11.6 Å². The molecule has 40 heavy (non-hydrogen) atoms. The average molecular weight is 567 g/mol. The van der Waals surface area contributed by atoms with Crippen LogP contribution in [0.3, 0.4) is 0 Å². The van der Waals surface area contributed by atoms with Gasteiger partial charge in [0, 0.05) is 23.5 Å². The normalized spacial score (nSPS) is 10.4. The lowest BCUT2D eigenvalue weighted by molar-refractivity contribution is 0.0600. The van der Waals surface area contributed by atoms with E-state index in [2.05, 4.69) is 50.2 Å². The van der Waals surface area contributed by atoms with Crippen molar-refractivity contribution in [3.05, 3.63) is 118 Å². The molecule has 0 saturated heterocycles. The number of rotatable bonds is 10. The fourth-order valence-corrected chi connectivity index (χ4v) is 3.85. The van der Waals surface area contributed by atoms with E-state index in [1.807, 2.05) is 31.2 Å². The largest absolute Gasteiger partial charge is 0.465 e. The summed E-state index contributed by atoms with van der Waals surface area (Å²) < 4.78 is 18.0. The van der Waals surface area contributed by atoms with E-state index < -0.39 is 5.97 Å². The van der Waals surface area contributed by atoms with Crippen molar-refractivity contribution in [2.45, 2.75) is 66.7 Å². The van der Waals surface area contributed by atoms with Crippen molar-refractivity contribution in [3.8, 4) is 0 Å². The number of benzene rings is 2. The van der Waals surface area contributed by atoms with Gasteiger partial charge >= 0.3 is 5.97 Å². The monoisotopic (exact) mass is 566 g/mol. The summed E-state index contributed by atoms with van der Waals surface area (Å²) in [6.45, 7) is 15.4. The number of esters is 1. The number of nitrogens with zero attached hydrogens (tertiary/aromatic N) is 2. The molecule has 3 rings (SSSR count). The van der Waals surface area contributed by atoms with E-state index in [-0.39, 0.29) is 5.82 Å². The highest BCUT2D eigenvalue weighted by molar-refractivity contribution is 6.30. The van der Waals surface area contributed by atoms with Gasteiger partial charge in [0.25, 0.3) is 0 Å². The van der Waals surface area contributed by atoms with Crippen molar-refractivity contribution in [2.75, 3.05) is 13.7 Å². The molecule has 0 unspecified atom stereocenters. The number of methoxy groups -OCH3 is 1. The second kappa shape index (κ2) is 19.6. The second-order valence-corrected chi connectivity index (χ2v) is 9.55. The van der Waals surface area contributed by atoms with E-state index >= 15 is 0 Å². The molecule has 0 aliphatic rings. The third kappa shape index (κ3) is 12.2. The zero-order valence-electron chi connectivity index (χ0n) is 24.8. The highest BCUT2D eigenvalue weighted by Crippen LogP contribution is 2.25. The maximum atomic E-state index is 13.2. The number of carbonyl (C=O) groups is 1. The molecule has 0 spiro atoms. The number of aryl methyl sites for hydroxylation is 1. The quantitative estimate of drug-likeness (QED) is 0.229. The lowest BCUT2D eigenvalue weighted by Crippen LogP contribution is -2.24. The molecule has 0 bridgehead atoms. The first-order valence-corrected chi connectivity index (χ1v) is 14.3. The van der Waals surface area contributed by atoms with Gasteiger partial charge in [-0.15, -0.1) is 0 Å². The van der Waals surface area contributed by atoms with Crippen LogP contribution < -0.4 is 0 Å². The van der Waals surface area contributed by atoms with Gasteiger partial charge < -0.3 is 9.64 Å². The molecule has 0 radical (unpaired) electrons. The highest BCUT2D eigenvalue weighted by atomic mass is 35.5. The summed E-state index contributed by atoms with van der Waals surface area (Å²) in [5.41, 5.74) is 5.29. The van der Waals surface area contributed by atoms with Crippen LogP contribution in [0.25, 0.3) is 5.70 Å². The number of carbonyl (C=O) groups excluding carboxylic acids is 1. The summed E-state index contributed by atoms with van der Waals surface area (Å²) in [7, 11) is 1.35. The maximum absolute atomic E-state index is 13.2. The highest BCUT2D eigenvalue weighted by Gasteiger charge is 2.17. The van der Waals surface area contributed by atoms with Gasteiger partial charge in [-0.2, -0.15) is 0 Å². The van der Waals surface area contributed by atoms with Crippen molar-refractivity contribution in [1.82, 2.24) is 9.88 Å². The number of allylic oxidation sites excluding steroid dienone is 2. The molecule has 3 aromatic rings. The number of ether oxygens (including phenoxy) is 1. The fourth-order valence-electron chi connectivity index (χ4n) is 3.73. The molecule has 6 heteroatoms. The number of hydrogen-bond donors (Lipinski definition) is 0. The topological polar surface area (TPSA) is 42.4 Å². The Balaban J connectivity index is 0.000000552. The number of hydrogen-bond acceptors (Lipinski definition) is 4. The van der Waals surface area contributed by atoms with E-state index in [0.717, 1.165) is 47.7 Å². The van der Waals surface area contributed by atoms with E-state index in [9.17, 15) is 9.18 Å². The van der Waals surface area contributed by atoms with Gasteiger partial charge in [-0.25, -0.2) is 9.18 Å². The predicted octanol–water partition coefficient (Wildman–Crippen LogP) is 9.55. The van der Waals surface area contributed by atoms with Crippen LogP contribution in [-0.4, -0.2) is 29.5 Å². The molecule has 0 aliphatic heterocycles. The minimum Gasteiger partial charge on any atom is -0.465 e. The molecular formula is C34H44ClFN2O2. The first-order chi connectivity index (χ1) is 19.2. The Bertz CT molecular complexity index is 1190. The molecule has 0 fully saturated rings. The summed E-state index contributed by atoms with van der Waals surface area (Å²) in [6.07, 6.45) is 8.61. The third-order valence-corrected chi connectivity index (χ3v) is 6.10. The van der Waals surface area contributed by atoms with Gasteiger partial charge in [-0.05, 0) is 73.7 Å². The van der Waals surface area contributed by atoms with Crippen molar-refractivity contribution in [1.29, 1.82) is 0 Å². The third-order valence-electron chi connectivity index (χ3n) is 5.85. The Morgan fingerprint density at radius 3 is 2.15 bits per heavy atom. The molecule has 0 amide bonds. The van der Waals surface area contributed by atoms with E-state index in [0.29, 0.717) is 17.8 Å². The lowest BCUT2D eigenvalue weighted by Gasteiger charge is -2.29. The second-order valence-electron chi connectivity index (χ2n) is 9.11. The minimum absolute atomic E-state index is 0.242. The zero-order valence-corrected chi connectivity index (χ0v) is 25.6. The molecular weight excluding hydrogens is 523 g/mol. The Morgan fingerprint density at radius 1 is 1.02 bits per heavy atom. The van der Waals surface area contributed by atoms with Crippen molar-refractivity contribution in [2.24, 2.45) is 0 Å². The predicted molar refractivity (Wildman–Crippen MR) is 167 cm³/mol. The van der Waals surface area contributed by atoms with E-state index in [1.54, 1.807) is 30.5 Å². The Kier molecular flexibility index (Phi) is 16.9. The van der Waals surface area contributed by atoms with Gasteiger partial charge in [0.05, 0.1) is 24.1 Å². The van der Waals surface area contributed by atoms with Crippen LogP contribution in [0.2, 0.25) is 5.02 Å². The SMILES string of the molecule is C=C(c1cc(C(=O)OC)ccn1)N(CCc1ccc(F)cc1)/C(=C\C)CCC.CCC.CCc1ccc(Cl)cc1. The van der Waals surface area contributed by atoms with Gasteiger partial charge in [0.1, 0.15) is 5.82 Å². The van der Waals surface area contributed by atoms with E-state index in [1.165, 1.54) is 31.2 Å². The van der Waals surface area contributed by atoms with Gasteiger partial charge in [0.15, 0.2) is 0 Å². The molecule has 2 aromatic carbocycles. The van der Waals surface area contributed by atoms with Gasteiger partial charge in [-0.3, -0.25) is 4.98 Å². The first kappa shape index (κ1) is 34.6. The molecule has 4 nitrogen and oxygen atoms in total. The van der Waals surface area contributed by atoms with E-state index in [4.69, 9.17) is 16.3 Å². The molecule has 216 valence electrons. The van der Waals surface area contributed by atoms with Crippen molar-refractivity contribution >= 4 is 23.3 Å². The first-order valence-electron chi connectivity index (χ1n) is 13.9. The molecule has 1 aromatic heterocycles. The van der Waals surface area contributed by atoms with Crippen molar-refractivity contribution in [3.63, 3.8) is 0 Å². The Labute approximate surface area is 245 Å². The number of aromatic nitrogens is 1. The number of pyridine rings is 1. The summed E-state index contributed by atoms with van der Waals surface area (Å²) in [5, 5.41) is 0.812. The van der Waals surface area contributed by atoms with Crippen LogP contribution in [0, 0.1) is 5.82 Å². The Hall–Kier alpha value is -3.44. The standard InChI is InChI=1S/C23H27FN2O2.C8H9Cl.C3H8/c1-5-7-21(6-2)26(15-13-18-8-10-20(24)11-9-18)17(3)22-16-19(12-14-25-22)23(27)28-4;1-2-7-3-5-8(9)6-4-7;1-3-2/h6,8-12,14,16H,3,5,7,13,15H2,1-2,4H3;3-6H,2H2,1H3;3H2,1-2H3/b21-6-;;.